The number of aromatic nitrogens is 1. The van der Waals surface area contributed by atoms with Crippen LogP contribution in [-0.2, 0) is 6.54 Å². The van der Waals surface area contributed by atoms with Crippen molar-refractivity contribution in [1.29, 1.82) is 0 Å². The Kier molecular flexibility index (Phi) is 4.49. The molecule has 20 heavy (non-hydrogen) atoms. The van der Waals surface area contributed by atoms with Crippen molar-refractivity contribution in [3.8, 4) is 5.75 Å². The van der Waals surface area contributed by atoms with E-state index in [0.717, 1.165) is 15.8 Å². The van der Waals surface area contributed by atoms with Gasteiger partial charge in [0.05, 0.1) is 13.2 Å². The highest BCUT2D eigenvalue weighted by Crippen LogP contribution is 2.22. The van der Waals surface area contributed by atoms with E-state index in [1.165, 1.54) is 0 Å². The molecule has 0 amide bonds. The van der Waals surface area contributed by atoms with Crippen LogP contribution in [0.4, 0.5) is 5.69 Å². The van der Waals surface area contributed by atoms with Gasteiger partial charge in [-0.15, -0.1) is 0 Å². The Morgan fingerprint density at radius 2 is 2.10 bits per heavy atom. The summed E-state index contributed by atoms with van der Waals surface area (Å²) >= 11 is 3.41. The minimum Gasteiger partial charge on any atom is -0.494 e. The van der Waals surface area contributed by atoms with E-state index in [1.54, 1.807) is 23.8 Å². The number of nitrogens with zero attached hydrogens (tertiary/aromatic N) is 1. The summed E-state index contributed by atoms with van der Waals surface area (Å²) in [5.41, 5.74) is 8.05. The number of ether oxygens (including phenoxy) is 1. The number of rotatable bonds is 4. The van der Waals surface area contributed by atoms with Crippen LogP contribution in [0, 0.1) is 6.92 Å². The fraction of sp³-hybridized carbons (Fsp3) is 0.267. The molecule has 0 fully saturated rings. The first-order chi connectivity index (χ1) is 9.51. The zero-order valence-corrected chi connectivity index (χ0v) is 13.1. The molecule has 0 atom stereocenters. The van der Waals surface area contributed by atoms with Crippen LogP contribution in [0.25, 0.3) is 0 Å². The molecule has 0 unspecified atom stereocenters. The van der Waals surface area contributed by atoms with E-state index >= 15 is 0 Å². The fourth-order valence-electron chi connectivity index (χ4n) is 2.06. The van der Waals surface area contributed by atoms with Crippen molar-refractivity contribution in [2.75, 3.05) is 12.3 Å². The lowest BCUT2D eigenvalue weighted by Crippen LogP contribution is -2.22. The predicted octanol–water partition coefficient (Wildman–Crippen LogP) is 2.95. The minimum absolute atomic E-state index is 0.0157. The average molecular weight is 337 g/mol. The Morgan fingerprint density at radius 3 is 2.80 bits per heavy atom. The molecule has 4 nitrogen and oxygen atoms in total. The van der Waals surface area contributed by atoms with Gasteiger partial charge in [0.15, 0.2) is 0 Å². The molecule has 1 aromatic carbocycles. The van der Waals surface area contributed by atoms with Gasteiger partial charge in [-0.2, -0.15) is 0 Å². The number of hydrogen-bond donors (Lipinski definition) is 1. The third-order valence-electron chi connectivity index (χ3n) is 2.96. The van der Waals surface area contributed by atoms with Crippen molar-refractivity contribution in [2.24, 2.45) is 0 Å². The molecule has 0 aliphatic carbocycles. The van der Waals surface area contributed by atoms with Gasteiger partial charge in [0.1, 0.15) is 5.75 Å². The van der Waals surface area contributed by atoms with Gasteiger partial charge < -0.3 is 15.0 Å². The van der Waals surface area contributed by atoms with Crippen LogP contribution in [0.5, 0.6) is 5.75 Å². The lowest BCUT2D eigenvalue weighted by molar-refractivity contribution is 0.335. The van der Waals surface area contributed by atoms with Gasteiger partial charge in [-0.25, -0.2) is 0 Å². The van der Waals surface area contributed by atoms with Gasteiger partial charge in [-0.3, -0.25) is 4.79 Å². The first kappa shape index (κ1) is 14.7. The van der Waals surface area contributed by atoms with Crippen LogP contribution >= 0.6 is 15.9 Å². The molecular formula is C15H17BrN2O2. The molecule has 2 N–H and O–H groups in total. The number of anilines is 1. The van der Waals surface area contributed by atoms with Crippen molar-refractivity contribution in [3.05, 3.63) is 56.4 Å². The van der Waals surface area contributed by atoms with E-state index in [1.807, 2.05) is 25.1 Å². The van der Waals surface area contributed by atoms with E-state index in [0.29, 0.717) is 24.4 Å². The van der Waals surface area contributed by atoms with Crippen LogP contribution in [0.15, 0.2) is 39.7 Å². The maximum Gasteiger partial charge on any atom is 0.253 e. The van der Waals surface area contributed by atoms with Crippen LogP contribution < -0.4 is 16.0 Å². The van der Waals surface area contributed by atoms with E-state index in [2.05, 4.69) is 15.9 Å². The standard InChI is InChI=1S/C15H17BrN2O2/c1-3-20-14-5-4-13(17)7-11(14)8-18-9-12(16)6-10(2)15(18)19/h4-7,9H,3,8,17H2,1-2H3. The second kappa shape index (κ2) is 6.13. The third-order valence-corrected chi connectivity index (χ3v) is 3.39. The molecule has 106 valence electrons. The van der Waals surface area contributed by atoms with Gasteiger partial charge in [-0.1, -0.05) is 0 Å². The topological polar surface area (TPSA) is 57.2 Å². The summed E-state index contributed by atoms with van der Waals surface area (Å²) < 4.78 is 8.10. The van der Waals surface area contributed by atoms with Gasteiger partial charge in [0.25, 0.3) is 5.56 Å². The Labute approximate surface area is 126 Å². The largest absolute Gasteiger partial charge is 0.494 e. The van der Waals surface area contributed by atoms with E-state index in [-0.39, 0.29) is 5.56 Å². The molecule has 0 saturated carbocycles. The maximum atomic E-state index is 12.1. The summed E-state index contributed by atoms with van der Waals surface area (Å²) in [7, 11) is 0. The van der Waals surface area contributed by atoms with E-state index in [9.17, 15) is 4.79 Å². The fourth-order valence-corrected chi connectivity index (χ4v) is 2.65. The molecule has 1 heterocycles. The normalized spacial score (nSPS) is 10.6. The smallest absolute Gasteiger partial charge is 0.253 e. The maximum absolute atomic E-state index is 12.1. The van der Waals surface area contributed by atoms with Crippen molar-refractivity contribution in [1.82, 2.24) is 4.57 Å². The van der Waals surface area contributed by atoms with Crippen LogP contribution in [0.3, 0.4) is 0 Å². The molecule has 1 aromatic heterocycles. The van der Waals surface area contributed by atoms with Crippen LogP contribution in [-0.4, -0.2) is 11.2 Å². The SMILES string of the molecule is CCOc1ccc(N)cc1Cn1cc(Br)cc(C)c1=O. The second-order valence-corrected chi connectivity index (χ2v) is 5.49. The number of hydrogen-bond acceptors (Lipinski definition) is 3. The highest BCUT2D eigenvalue weighted by atomic mass is 79.9. The van der Waals surface area contributed by atoms with Crippen molar-refractivity contribution in [3.63, 3.8) is 0 Å². The van der Waals surface area contributed by atoms with E-state index < -0.39 is 0 Å². The third kappa shape index (κ3) is 3.22. The monoisotopic (exact) mass is 336 g/mol. The number of pyridine rings is 1. The Morgan fingerprint density at radius 1 is 1.35 bits per heavy atom. The van der Waals surface area contributed by atoms with Gasteiger partial charge >= 0.3 is 0 Å². The van der Waals surface area contributed by atoms with Crippen LogP contribution in [0.2, 0.25) is 0 Å². The zero-order chi connectivity index (χ0) is 14.7. The Balaban J connectivity index is 2.44. The summed E-state index contributed by atoms with van der Waals surface area (Å²) in [6, 6.07) is 7.28. The number of benzene rings is 1. The van der Waals surface area contributed by atoms with Gasteiger partial charge in [0, 0.05) is 27.5 Å². The van der Waals surface area contributed by atoms with Gasteiger partial charge in [0.2, 0.25) is 0 Å². The number of nitrogen functional groups attached to an aromatic ring is 1. The van der Waals surface area contributed by atoms with Gasteiger partial charge in [-0.05, 0) is 54.0 Å². The number of nitrogens with two attached hydrogens (primary N) is 1. The lowest BCUT2D eigenvalue weighted by atomic mass is 10.1. The molecule has 0 bridgehead atoms. The molecule has 0 saturated heterocycles. The number of halogens is 1. The molecular weight excluding hydrogens is 320 g/mol. The molecule has 5 heteroatoms. The molecule has 2 aromatic rings. The van der Waals surface area contributed by atoms with Crippen molar-refractivity contribution >= 4 is 21.6 Å². The molecule has 0 spiro atoms. The molecule has 2 rings (SSSR count). The summed E-state index contributed by atoms with van der Waals surface area (Å²) in [6.45, 7) is 4.73. The summed E-state index contributed by atoms with van der Waals surface area (Å²) in [4.78, 5) is 12.1. The summed E-state index contributed by atoms with van der Waals surface area (Å²) in [6.07, 6.45) is 1.77. The summed E-state index contributed by atoms with van der Waals surface area (Å²) in [5, 5.41) is 0. The summed E-state index contributed by atoms with van der Waals surface area (Å²) in [5.74, 6) is 0.756. The molecule has 0 aliphatic rings. The van der Waals surface area contributed by atoms with E-state index in [4.69, 9.17) is 10.5 Å². The predicted molar refractivity (Wildman–Crippen MR) is 84.3 cm³/mol. The van der Waals surface area contributed by atoms with Crippen molar-refractivity contribution < 1.29 is 4.74 Å². The zero-order valence-electron chi connectivity index (χ0n) is 11.5. The van der Waals surface area contributed by atoms with Crippen LogP contribution in [0.1, 0.15) is 18.1 Å². The number of aryl methyl sites for hydroxylation is 1. The lowest BCUT2D eigenvalue weighted by Gasteiger charge is -2.13. The average Bonchev–Trinajstić information content (AvgIpc) is 2.38. The first-order valence-corrected chi connectivity index (χ1v) is 7.18. The highest BCUT2D eigenvalue weighted by Gasteiger charge is 2.08. The highest BCUT2D eigenvalue weighted by molar-refractivity contribution is 9.10. The molecule has 0 radical (unpaired) electrons. The second-order valence-electron chi connectivity index (χ2n) is 4.57. The Hall–Kier alpha value is -1.75. The minimum atomic E-state index is -0.0157. The molecule has 0 aliphatic heterocycles. The first-order valence-electron chi connectivity index (χ1n) is 6.39. The quantitative estimate of drug-likeness (QED) is 0.873. The van der Waals surface area contributed by atoms with Crippen molar-refractivity contribution in [2.45, 2.75) is 20.4 Å². The Bertz CT molecular complexity index is 680.